The third kappa shape index (κ3) is 2.72. The average Bonchev–Trinajstić information content (AvgIpc) is 3.31. The molecule has 0 spiro atoms. The first-order valence-electron chi connectivity index (χ1n) is 10.9. The third-order valence-electron chi connectivity index (χ3n) is 6.05. The Morgan fingerprint density at radius 2 is 0.939 bits per heavy atom. The van der Waals surface area contributed by atoms with Crippen molar-refractivity contribution in [3.05, 3.63) is 109 Å². The topological polar surface area (TPSA) is 43.2 Å². The fourth-order valence-electron chi connectivity index (χ4n) is 4.57. The molecule has 0 amide bonds. The molecule has 156 valence electrons. The van der Waals surface area contributed by atoms with Crippen molar-refractivity contribution in [1.82, 2.24) is 15.0 Å². The standard InChI is InChI=1S/C28H18N4O/c1-2-10-20-19(9-1)23(17-18-24(20)32-29-21-11-3-4-12-22(21)30-32)31-25-13-5-7-15-27(25)33-28-16-8-6-14-26(28)31/h1-18H. The van der Waals surface area contributed by atoms with Gasteiger partial charge in [0.2, 0.25) is 0 Å². The van der Waals surface area contributed by atoms with Crippen LogP contribution < -0.4 is 9.64 Å². The highest BCUT2D eigenvalue weighted by Gasteiger charge is 2.26. The van der Waals surface area contributed by atoms with Crippen LogP contribution in [-0.4, -0.2) is 15.0 Å². The summed E-state index contributed by atoms with van der Waals surface area (Å²) in [5.74, 6) is 1.67. The second-order valence-corrected chi connectivity index (χ2v) is 8.00. The van der Waals surface area contributed by atoms with Crippen molar-refractivity contribution in [3.8, 4) is 17.2 Å². The van der Waals surface area contributed by atoms with Crippen LogP contribution in [0.1, 0.15) is 0 Å². The van der Waals surface area contributed by atoms with Gasteiger partial charge in [0.05, 0.1) is 22.7 Å². The summed E-state index contributed by atoms with van der Waals surface area (Å²) in [6.45, 7) is 0. The third-order valence-corrected chi connectivity index (χ3v) is 6.05. The van der Waals surface area contributed by atoms with Crippen LogP contribution in [0.2, 0.25) is 0 Å². The van der Waals surface area contributed by atoms with E-state index in [2.05, 4.69) is 53.4 Å². The van der Waals surface area contributed by atoms with Gasteiger partial charge in [-0.25, -0.2) is 0 Å². The van der Waals surface area contributed by atoms with E-state index in [-0.39, 0.29) is 0 Å². The number of anilines is 3. The Balaban J connectivity index is 1.49. The fourth-order valence-corrected chi connectivity index (χ4v) is 4.57. The predicted octanol–water partition coefficient (Wildman–Crippen LogP) is 7.15. The lowest BCUT2D eigenvalue weighted by atomic mass is 10.0. The molecule has 33 heavy (non-hydrogen) atoms. The summed E-state index contributed by atoms with van der Waals surface area (Å²) in [5, 5.41) is 11.6. The summed E-state index contributed by atoms with van der Waals surface area (Å²) >= 11 is 0. The van der Waals surface area contributed by atoms with Crippen LogP contribution in [0.4, 0.5) is 17.1 Å². The van der Waals surface area contributed by atoms with E-state index in [0.717, 1.165) is 56.1 Å². The molecule has 1 aliphatic heterocycles. The molecular formula is C28H18N4O. The Morgan fingerprint density at radius 3 is 1.58 bits per heavy atom. The highest BCUT2D eigenvalue weighted by atomic mass is 16.5. The highest BCUT2D eigenvalue weighted by Crippen LogP contribution is 2.51. The van der Waals surface area contributed by atoms with Gasteiger partial charge in [0, 0.05) is 10.8 Å². The maximum atomic E-state index is 6.20. The molecule has 1 aliphatic rings. The molecule has 0 atom stereocenters. The summed E-state index contributed by atoms with van der Waals surface area (Å²) in [5.41, 5.74) is 5.80. The number of aromatic nitrogens is 3. The van der Waals surface area contributed by atoms with Gasteiger partial charge in [-0.2, -0.15) is 0 Å². The van der Waals surface area contributed by atoms with Crippen molar-refractivity contribution in [3.63, 3.8) is 0 Å². The van der Waals surface area contributed by atoms with Gasteiger partial charge in [0.15, 0.2) is 11.5 Å². The molecule has 6 aromatic rings. The van der Waals surface area contributed by atoms with Crippen LogP contribution in [0.25, 0.3) is 27.5 Å². The van der Waals surface area contributed by atoms with Crippen molar-refractivity contribution in [1.29, 1.82) is 0 Å². The van der Waals surface area contributed by atoms with E-state index in [1.54, 1.807) is 4.80 Å². The number of ether oxygens (including phenoxy) is 1. The smallest absolute Gasteiger partial charge is 0.151 e. The van der Waals surface area contributed by atoms with Gasteiger partial charge in [0.25, 0.3) is 0 Å². The second-order valence-electron chi connectivity index (χ2n) is 8.00. The van der Waals surface area contributed by atoms with E-state index in [9.17, 15) is 0 Å². The van der Waals surface area contributed by atoms with Crippen LogP contribution in [0.15, 0.2) is 109 Å². The van der Waals surface area contributed by atoms with Crippen molar-refractivity contribution >= 4 is 38.9 Å². The van der Waals surface area contributed by atoms with Gasteiger partial charge in [-0.05, 0) is 48.5 Å². The van der Waals surface area contributed by atoms with Gasteiger partial charge in [-0.3, -0.25) is 0 Å². The molecule has 0 aliphatic carbocycles. The number of fused-ring (bicyclic) bond motifs is 4. The first-order chi connectivity index (χ1) is 16.4. The van der Waals surface area contributed by atoms with Crippen molar-refractivity contribution in [2.45, 2.75) is 0 Å². The molecule has 0 bridgehead atoms. The lowest BCUT2D eigenvalue weighted by molar-refractivity contribution is 0.477. The maximum absolute atomic E-state index is 6.20. The predicted molar refractivity (Wildman–Crippen MR) is 131 cm³/mol. The Bertz CT molecular complexity index is 1590. The molecule has 5 aromatic carbocycles. The Kier molecular flexibility index (Phi) is 3.78. The number of para-hydroxylation sites is 4. The van der Waals surface area contributed by atoms with Crippen LogP contribution in [-0.2, 0) is 0 Å². The molecule has 0 saturated heterocycles. The molecule has 0 saturated carbocycles. The SMILES string of the molecule is c1ccc2c(c1)Oc1ccccc1N2c1ccc(-n2nc3ccccc3n2)c2ccccc12. The first-order valence-corrected chi connectivity index (χ1v) is 10.9. The van der Waals surface area contributed by atoms with Gasteiger partial charge >= 0.3 is 0 Å². The first kappa shape index (κ1) is 18.0. The Morgan fingerprint density at radius 1 is 0.455 bits per heavy atom. The monoisotopic (exact) mass is 426 g/mol. The summed E-state index contributed by atoms with van der Waals surface area (Å²) in [6.07, 6.45) is 0. The molecule has 0 unspecified atom stereocenters. The molecule has 0 fully saturated rings. The maximum Gasteiger partial charge on any atom is 0.151 e. The molecule has 1 aromatic heterocycles. The second kappa shape index (κ2) is 6.93. The van der Waals surface area contributed by atoms with Crippen molar-refractivity contribution in [2.75, 3.05) is 4.90 Å². The molecule has 5 nitrogen and oxygen atoms in total. The zero-order valence-electron chi connectivity index (χ0n) is 17.6. The van der Waals surface area contributed by atoms with Gasteiger partial charge in [0.1, 0.15) is 11.0 Å². The minimum atomic E-state index is 0.837. The van der Waals surface area contributed by atoms with E-state index >= 15 is 0 Å². The zero-order valence-corrected chi connectivity index (χ0v) is 17.6. The molecule has 0 N–H and O–H groups in total. The van der Waals surface area contributed by atoms with Crippen LogP contribution >= 0.6 is 0 Å². The zero-order chi connectivity index (χ0) is 21.8. The minimum Gasteiger partial charge on any atom is -0.453 e. The molecular weight excluding hydrogens is 408 g/mol. The quantitative estimate of drug-likeness (QED) is 0.294. The Hall–Kier alpha value is -4.64. The highest BCUT2D eigenvalue weighted by molar-refractivity contribution is 6.04. The number of nitrogens with zero attached hydrogens (tertiary/aromatic N) is 4. The number of rotatable bonds is 2. The Labute approximate surface area is 190 Å². The number of benzene rings is 5. The molecule has 0 radical (unpaired) electrons. The normalized spacial score (nSPS) is 12.4. The summed E-state index contributed by atoms with van der Waals surface area (Å²) in [4.78, 5) is 4.01. The molecule has 2 heterocycles. The van der Waals surface area contributed by atoms with Gasteiger partial charge in [-0.15, -0.1) is 15.0 Å². The summed E-state index contributed by atoms with van der Waals surface area (Å²) in [7, 11) is 0. The van der Waals surface area contributed by atoms with Crippen LogP contribution in [0.5, 0.6) is 11.5 Å². The fraction of sp³-hybridized carbons (Fsp3) is 0. The lowest BCUT2D eigenvalue weighted by Crippen LogP contribution is -2.16. The van der Waals surface area contributed by atoms with E-state index in [0.29, 0.717) is 0 Å². The van der Waals surface area contributed by atoms with E-state index in [1.807, 2.05) is 60.7 Å². The van der Waals surface area contributed by atoms with Crippen LogP contribution in [0.3, 0.4) is 0 Å². The van der Waals surface area contributed by atoms with E-state index in [1.165, 1.54) is 0 Å². The average molecular weight is 426 g/mol. The molecule has 7 rings (SSSR count). The van der Waals surface area contributed by atoms with Gasteiger partial charge in [-0.1, -0.05) is 60.7 Å². The largest absolute Gasteiger partial charge is 0.453 e. The lowest BCUT2D eigenvalue weighted by Gasteiger charge is -2.33. The van der Waals surface area contributed by atoms with Crippen LogP contribution in [0, 0.1) is 0 Å². The molecule has 5 heteroatoms. The van der Waals surface area contributed by atoms with Crippen molar-refractivity contribution < 1.29 is 4.74 Å². The number of hydrogen-bond acceptors (Lipinski definition) is 4. The van der Waals surface area contributed by atoms with E-state index in [4.69, 9.17) is 14.9 Å². The summed E-state index contributed by atoms with van der Waals surface area (Å²) < 4.78 is 6.20. The van der Waals surface area contributed by atoms with Gasteiger partial charge < -0.3 is 9.64 Å². The summed E-state index contributed by atoms with van der Waals surface area (Å²) in [6, 6.07) is 36.9. The number of hydrogen-bond donors (Lipinski definition) is 0. The minimum absolute atomic E-state index is 0.837. The van der Waals surface area contributed by atoms with Crippen molar-refractivity contribution in [2.24, 2.45) is 0 Å². The van der Waals surface area contributed by atoms with E-state index < -0.39 is 0 Å².